The third-order valence-corrected chi connectivity index (χ3v) is 7.37. The second kappa shape index (κ2) is 7.90. The normalized spacial score (nSPS) is 11.2. The van der Waals surface area contributed by atoms with Crippen molar-refractivity contribution in [3.8, 4) is 0 Å². The highest BCUT2D eigenvalue weighted by atomic mass is 35.5. The van der Waals surface area contributed by atoms with Gasteiger partial charge in [-0.25, -0.2) is 8.42 Å². The predicted molar refractivity (Wildman–Crippen MR) is 109 cm³/mol. The van der Waals surface area contributed by atoms with Crippen molar-refractivity contribution in [1.29, 1.82) is 0 Å². The van der Waals surface area contributed by atoms with Gasteiger partial charge in [-0.2, -0.15) is 0 Å². The van der Waals surface area contributed by atoms with Gasteiger partial charge >= 0.3 is 0 Å². The SMILES string of the molecule is Cc1c(S(=O)(=O)c2ccc(Cl)cc2)csc1C(=O)NNc1cccc(Cl)c1. The van der Waals surface area contributed by atoms with Crippen LogP contribution in [0.4, 0.5) is 5.69 Å². The van der Waals surface area contributed by atoms with Gasteiger partial charge < -0.3 is 0 Å². The summed E-state index contributed by atoms with van der Waals surface area (Å²) in [5.74, 6) is -0.435. The summed E-state index contributed by atoms with van der Waals surface area (Å²) in [7, 11) is -3.74. The van der Waals surface area contributed by atoms with E-state index in [0.717, 1.165) is 11.3 Å². The van der Waals surface area contributed by atoms with E-state index in [1.54, 1.807) is 31.2 Å². The fourth-order valence-electron chi connectivity index (χ4n) is 2.38. The summed E-state index contributed by atoms with van der Waals surface area (Å²) in [6.07, 6.45) is 0. The topological polar surface area (TPSA) is 75.3 Å². The van der Waals surface area contributed by atoms with Crippen molar-refractivity contribution in [3.63, 3.8) is 0 Å². The fraction of sp³-hybridized carbons (Fsp3) is 0.0556. The number of halogens is 2. The molecule has 1 amide bonds. The molecule has 2 aromatic carbocycles. The van der Waals surface area contributed by atoms with Crippen LogP contribution in [-0.4, -0.2) is 14.3 Å². The van der Waals surface area contributed by atoms with Crippen molar-refractivity contribution in [2.24, 2.45) is 0 Å². The van der Waals surface area contributed by atoms with Gasteiger partial charge in [0, 0.05) is 15.4 Å². The molecule has 27 heavy (non-hydrogen) atoms. The second-order valence-corrected chi connectivity index (χ2v) is 9.27. The number of anilines is 1. The maximum Gasteiger partial charge on any atom is 0.279 e. The average molecular weight is 441 g/mol. The van der Waals surface area contributed by atoms with E-state index in [1.807, 2.05) is 0 Å². The molecule has 0 radical (unpaired) electrons. The van der Waals surface area contributed by atoms with Gasteiger partial charge in [-0.3, -0.25) is 15.6 Å². The molecular weight excluding hydrogens is 427 g/mol. The second-order valence-electron chi connectivity index (χ2n) is 5.60. The summed E-state index contributed by atoms with van der Waals surface area (Å²) in [5.41, 5.74) is 6.30. The molecule has 0 saturated carbocycles. The number of hydrogen-bond acceptors (Lipinski definition) is 5. The minimum atomic E-state index is -3.74. The largest absolute Gasteiger partial charge is 0.298 e. The molecular formula is C18H14Cl2N2O3S2. The van der Waals surface area contributed by atoms with Crippen molar-refractivity contribution in [2.45, 2.75) is 16.7 Å². The Labute approximate surface area is 170 Å². The van der Waals surface area contributed by atoms with E-state index >= 15 is 0 Å². The van der Waals surface area contributed by atoms with Gasteiger partial charge in [0.15, 0.2) is 0 Å². The Bertz CT molecular complexity index is 1090. The van der Waals surface area contributed by atoms with E-state index in [-0.39, 0.29) is 9.79 Å². The minimum absolute atomic E-state index is 0.0997. The molecule has 0 aliphatic heterocycles. The zero-order chi connectivity index (χ0) is 19.6. The van der Waals surface area contributed by atoms with Crippen LogP contribution in [0.5, 0.6) is 0 Å². The first-order valence-electron chi connectivity index (χ1n) is 7.69. The lowest BCUT2D eigenvalue weighted by Crippen LogP contribution is -2.29. The van der Waals surface area contributed by atoms with Crippen LogP contribution in [0.1, 0.15) is 15.2 Å². The van der Waals surface area contributed by atoms with Gasteiger partial charge in [0.05, 0.1) is 20.4 Å². The Morgan fingerprint density at radius 3 is 2.41 bits per heavy atom. The number of amides is 1. The van der Waals surface area contributed by atoms with E-state index < -0.39 is 15.7 Å². The van der Waals surface area contributed by atoms with Crippen molar-refractivity contribution in [3.05, 3.63) is 74.4 Å². The number of benzene rings is 2. The molecule has 3 rings (SSSR count). The Balaban J connectivity index is 1.82. The maximum absolute atomic E-state index is 12.8. The number of thiophene rings is 1. The Morgan fingerprint density at radius 1 is 1.04 bits per heavy atom. The fourth-order valence-corrected chi connectivity index (χ4v) is 5.51. The first kappa shape index (κ1) is 19.7. The van der Waals surface area contributed by atoms with Gasteiger partial charge in [0.1, 0.15) is 0 Å². The summed E-state index contributed by atoms with van der Waals surface area (Å²) in [5, 5.41) is 2.44. The van der Waals surface area contributed by atoms with E-state index in [0.29, 0.717) is 26.2 Å². The molecule has 9 heteroatoms. The summed E-state index contributed by atoms with van der Waals surface area (Å²) < 4.78 is 25.6. The van der Waals surface area contributed by atoms with E-state index in [1.165, 1.54) is 29.6 Å². The monoisotopic (exact) mass is 440 g/mol. The van der Waals surface area contributed by atoms with Crippen LogP contribution in [-0.2, 0) is 9.84 Å². The molecule has 1 heterocycles. The number of carbonyl (C=O) groups excluding carboxylic acids is 1. The number of rotatable bonds is 5. The quantitative estimate of drug-likeness (QED) is 0.550. The lowest BCUT2D eigenvalue weighted by Gasteiger charge is -2.09. The third kappa shape index (κ3) is 4.27. The zero-order valence-corrected chi connectivity index (χ0v) is 17.1. The van der Waals surface area contributed by atoms with Gasteiger partial charge in [-0.15, -0.1) is 11.3 Å². The first-order chi connectivity index (χ1) is 12.8. The van der Waals surface area contributed by atoms with E-state index in [4.69, 9.17) is 23.2 Å². The van der Waals surface area contributed by atoms with Crippen molar-refractivity contribution >= 4 is 56.0 Å². The molecule has 0 atom stereocenters. The summed E-state index contributed by atoms with van der Waals surface area (Å²) in [6, 6.07) is 12.8. The molecule has 0 fully saturated rings. The third-order valence-electron chi connectivity index (χ3n) is 3.76. The number of sulfone groups is 1. The van der Waals surface area contributed by atoms with E-state index in [9.17, 15) is 13.2 Å². The Morgan fingerprint density at radius 2 is 1.74 bits per heavy atom. The van der Waals surface area contributed by atoms with Crippen molar-refractivity contribution in [1.82, 2.24) is 5.43 Å². The lowest BCUT2D eigenvalue weighted by molar-refractivity contribution is 0.0966. The predicted octanol–water partition coefficient (Wildman–Crippen LogP) is 4.95. The van der Waals surface area contributed by atoms with Crippen LogP contribution >= 0.6 is 34.5 Å². The number of hydrogen-bond donors (Lipinski definition) is 2. The molecule has 2 N–H and O–H groups in total. The molecule has 140 valence electrons. The Hall–Kier alpha value is -2.06. The molecule has 5 nitrogen and oxygen atoms in total. The highest BCUT2D eigenvalue weighted by Crippen LogP contribution is 2.31. The zero-order valence-electron chi connectivity index (χ0n) is 14.0. The average Bonchev–Trinajstić information content (AvgIpc) is 3.02. The minimum Gasteiger partial charge on any atom is -0.298 e. The van der Waals surface area contributed by atoms with Crippen LogP contribution in [0.2, 0.25) is 10.0 Å². The number of nitrogens with one attached hydrogen (secondary N) is 2. The molecule has 0 spiro atoms. The molecule has 0 bridgehead atoms. The van der Waals surface area contributed by atoms with Crippen LogP contribution in [0.25, 0.3) is 0 Å². The standard InChI is InChI=1S/C18H14Cl2N2O3S2/c1-11-16(27(24,25)15-7-5-12(19)6-8-15)10-26-17(11)18(23)22-21-14-4-2-3-13(20)9-14/h2-10,21H,1H3,(H,22,23). The lowest BCUT2D eigenvalue weighted by atomic mass is 10.3. The molecule has 1 aromatic heterocycles. The summed E-state index contributed by atoms with van der Waals surface area (Å²) in [4.78, 5) is 13.0. The molecule has 0 aliphatic carbocycles. The summed E-state index contributed by atoms with van der Waals surface area (Å²) >= 11 is 12.8. The van der Waals surface area contributed by atoms with Crippen LogP contribution in [0.3, 0.4) is 0 Å². The molecule has 0 saturated heterocycles. The van der Waals surface area contributed by atoms with Gasteiger partial charge in [0.2, 0.25) is 9.84 Å². The summed E-state index contributed by atoms with van der Waals surface area (Å²) in [6.45, 7) is 1.60. The molecule has 0 aliphatic rings. The molecule has 3 aromatic rings. The van der Waals surface area contributed by atoms with Crippen LogP contribution < -0.4 is 10.9 Å². The van der Waals surface area contributed by atoms with Crippen molar-refractivity contribution < 1.29 is 13.2 Å². The van der Waals surface area contributed by atoms with Crippen molar-refractivity contribution in [2.75, 3.05) is 5.43 Å². The first-order valence-corrected chi connectivity index (χ1v) is 10.8. The highest BCUT2D eigenvalue weighted by molar-refractivity contribution is 7.91. The van der Waals surface area contributed by atoms with Gasteiger partial charge in [-0.05, 0) is 55.0 Å². The smallest absolute Gasteiger partial charge is 0.279 e. The van der Waals surface area contributed by atoms with Crippen LogP contribution in [0.15, 0.2) is 63.7 Å². The highest BCUT2D eigenvalue weighted by Gasteiger charge is 2.25. The number of hydrazine groups is 1. The van der Waals surface area contributed by atoms with Gasteiger partial charge in [0.25, 0.3) is 5.91 Å². The molecule has 0 unspecified atom stereocenters. The van der Waals surface area contributed by atoms with Gasteiger partial charge in [-0.1, -0.05) is 29.3 Å². The number of carbonyl (C=O) groups is 1. The van der Waals surface area contributed by atoms with E-state index in [2.05, 4.69) is 10.9 Å². The van der Waals surface area contributed by atoms with Crippen LogP contribution in [0, 0.1) is 6.92 Å². The maximum atomic E-state index is 12.8. The Kier molecular flexibility index (Phi) is 5.76.